The first-order valence-corrected chi connectivity index (χ1v) is 6.57. The molecule has 1 aromatic carbocycles. The van der Waals surface area contributed by atoms with Gasteiger partial charge in [-0.05, 0) is 40.5 Å². The van der Waals surface area contributed by atoms with Crippen molar-refractivity contribution in [3.8, 4) is 11.1 Å². The number of rotatable bonds is 1. The summed E-state index contributed by atoms with van der Waals surface area (Å²) in [5, 5.41) is 0. The normalized spacial score (nSPS) is 15.9. The second-order valence-corrected chi connectivity index (χ2v) is 5.57. The molecular formula is C18H17N. The van der Waals surface area contributed by atoms with Crippen LogP contribution in [0.25, 0.3) is 23.3 Å². The zero-order valence-corrected chi connectivity index (χ0v) is 11.3. The Morgan fingerprint density at radius 2 is 1.47 bits per heavy atom. The predicted octanol–water partition coefficient (Wildman–Crippen LogP) is 4.81. The summed E-state index contributed by atoms with van der Waals surface area (Å²) in [7, 11) is 0. The maximum Gasteiger partial charge on any atom is 0.0273 e. The Balaban J connectivity index is 2.07. The molecule has 1 aliphatic carbocycles. The molecule has 1 aliphatic rings. The number of hydrogen-bond donors (Lipinski definition) is 0. The summed E-state index contributed by atoms with van der Waals surface area (Å²) < 4.78 is 0. The number of fused-ring (bicyclic) bond motifs is 1. The monoisotopic (exact) mass is 247 g/mol. The Kier molecular flexibility index (Phi) is 2.83. The molecule has 0 spiro atoms. The highest BCUT2D eigenvalue weighted by atomic mass is 14.6. The second-order valence-electron chi connectivity index (χ2n) is 5.57. The van der Waals surface area contributed by atoms with Crippen LogP contribution >= 0.6 is 0 Å². The molecule has 0 unspecified atom stereocenters. The minimum absolute atomic E-state index is 0.121. The van der Waals surface area contributed by atoms with Gasteiger partial charge < -0.3 is 0 Å². The first kappa shape index (κ1) is 11.9. The largest absolute Gasteiger partial charge is 0.265 e. The summed E-state index contributed by atoms with van der Waals surface area (Å²) in [4.78, 5) is 4.07. The van der Waals surface area contributed by atoms with Crippen LogP contribution in [0.3, 0.4) is 0 Å². The maximum absolute atomic E-state index is 4.07. The van der Waals surface area contributed by atoms with Crippen molar-refractivity contribution in [1.82, 2.24) is 4.98 Å². The minimum atomic E-state index is 0.121. The van der Waals surface area contributed by atoms with Crippen LogP contribution < -0.4 is 0 Å². The molecule has 0 saturated carbocycles. The Bertz CT molecular complexity index is 649. The van der Waals surface area contributed by atoms with Crippen LogP contribution in [0.2, 0.25) is 0 Å². The Labute approximate surface area is 114 Å². The lowest BCUT2D eigenvalue weighted by Crippen LogP contribution is -1.99. The zero-order valence-electron chi connectivity index (χ0n) is 11.3. The van der Waals surface area contributed by atoms with E-state index in [1.165, 1.54) is 22.3 Å². The van der Waals surface area contributed by atoms with E-state index in [2.05, 4.69) is 61.3 Å². The van der Waals surface area contributed by atoms with Crippen LogP contribution in [0.5, 0.6) is 0 Å². The van der Waals surface area contributed by atoms with Gasteiger partial charge in [-0.2, -0.15) is 0 Å². The number of pyridine rings is 1. The first-order valence-electron chi connectivity index (χ1n) is 6.57. The molecule has 0 aliphatic heterocycles. The molecule has 0 atom stereocenters. The fourth-order valence-corrected chi connectivity index (χ4v) is 2.26. The molecule has 0 amide bonds. The predicted molar refractivity (Wildman–Crippen MR) is 81.5 cm³/mol. The minimum Gasteiger partial charge on any atom is -0.265 e. The fourth-order valence-electron chi connectivity index (χ4n) is 2.26. The van der Waals surface area contributed by atoms with E-state index >= 15 is 0 Å². The zero-order chi connectivity index (χ0) is 13.3. The van der Waals surface area contributed by atoms with Crippen LogP contribution in [0.1, 0.15) is 25.0 Å². The van der Waals surface area contributed by atoms with E-state index in [0.717, 1.165) is 0 Å². The quantitative estimate of drug-likeness (QED) is 0.704. The van der Waals surface area contributed by atoms with Gasteiger partial charge in [-0.3, -0.25) is 4.98 Å². The van der Waals surface area contributed by atoms with E-state index in [4.69, 9.17) is 0 Å². The van der Waals surface area contributed by atoms with E-state index in [0.29, 0.717) is 0 Å². The molecule has 0 fully saturated rings. The maximum atomic E-state index is 4.07. The number of benzene rings is 1. The van der Waals surface area contributed by atoms with Gasteiger partial charge in [-0.25, -0.2) is 0 Å². The van der Waals surface area contributed by atoms with Gasteiger partial charge in [0, 0.05) is 17.8 Å². The highest BCUT2D eigenvalue weighted by Crippen LogP contribution is 2.30. The molecule has 1 heterocycles. The van der Waals surface area contributed by atoms with Gasteiger partial charge in [0.1, 0.15) is 0 Å². The Hall–Kier alpha value is -2.15. The van der Waals surface area contributed by atoms with Crippen molar-refractivity contribution in [1.29, 1.82) is 0 Å². The second kappa shape index (κ2) is 4.51. The number of nitrogens with zero attached hydrogens (tertiary/aromatic N) is 1. The van der Waals surface area contributed by atoms with E-state index in [9.17, 15) is 0 Å². The molecule has 0 N–H and O–H groups in total. The smallest absolute Gasteiger partial charge is 0.0273 e. The molecule has 0 saturated heterocycles. The van der Waals surface area contributed by atoms with Crippen molar-refractivity contribution in [2.45, 2.75) is 13.8 Å². The lowest BCUT2D eigenvalue weighted by Gasteiger charge is -2.12. The first-order chi connectivity index (χ1) is 9.14. The lowest BCUT2D eigenvalue weighted by atomic mass is 9.93. The van der Waals surface area contributed by atoms with E-state index in [1.54, 1.807) is 0 Å². The van der Waals surface area contributed by atoms with Crippen LogP contribution in [-0.4, -0.2) is 4.98 Å². The van der Waals surface area contributed by atoms with Crippen LogP contribution in [0.15, 0.2) is 54.9 Å². The number of hydrogen-bond acceptors (Lipinski definition) is 1. The van der Waals surface area contributed by atoms with Crippen molar-refractivity contribution in [3.63, 3.8) is 0 Å². The van der Waals surface area contributed by atoms with Crippen molar-refractivity contribution in [2.24, 2.45) is 5.41 Å². The number of aromatic nitrogens is 1. The summed E-state index contributed by atoms with van der Waals surface area (Å²) in [5.41, 5.74) is 5.11. The molecule has 2 aromatic rings. The molecule has 0 bridgehead atoms. The lowest BCUT2D eigenvalue weighted by molar-refractivity contribution is 0.633. The molecule has 0 radical (unpaired) electrons. The summed E-state index contributed by atoms with van der Waals surface area (Å²) in [6.45, 7) is 4.44. The van der Waals surface area contributed by atoms with Crippen molar-refractivity contribution in [3.05, 3.63) is 66.0 Å². The standard InChI is InChI=1S/C18H17N/c1-18(2)9-5-14-3-4-16(13-17(14)6-10-18)15-7-11-19-12-8-15/h3-13H,1-2H3. The van der Waals surface area contributed by atoms with Crippen molar-refractivity contribution < 1.29 is 0 Å². The van der Waals surface area contributed by atoms with Crippen molar-refractivity contribution in [2.75, 3.05) is 0 Å². The molecule has 94 valence electrons. The molecule has 3 rings (SSSR count). The van der Waals surface area contributed by atoms with Gasteiger partial charge in [0.05, 0.1) is 0 Å². The SMILES string of the molecule is CC1(C)C=Cc2ccc(-c3ccncc3)cc2C=C1. The van der Waals surface area contributed by atoms with Gasteiger partial charge in [-0.15, -0.1) is 0 Å². The van der Waals surface area contributed by atoms with Crippen molar-refractivity contribution >= 4 is 12.2 Å². The highest BCUT2D eigenvalue weighted by molar-refractivity contribution is 5.75. The molecular weight excluding hydrogens is 230 g/mol. The van der Waals surface area contributed by atoms with E-state index in [1.807, 2.05) is 24.5 Å². The summed E-state index contributed by atoms with van der Waals surface area (Å²) in [6.07, 6.45) is 12.6. The van der Waals surface area contributed by atoms with E-state index < -0.39 is 0 Å². The Morgan fingerprint density at radius 1 is 0.789 bits per heavy atom. The third-order valence-electron chi connectivity index (χ3n) is 3.49. The van der Waals surface area contributed by atoms with Gasteiger partial charge >= 0.3 is 0 Å². The third kappa shape index (κ3) is 2.50. The number of allylic oxidation sites excluding steroid dienone is 2. The van der Waals surface area contributed by atoms with Gasteiger partial charge in [0.25, 0.3) is 0 Å². The summed E-state index contributed by atoms with van der Waals surface area (Å²) >= 11 is 0. The highest BCUT2D eigenvalue weighted by Gasteiger charge is 2.12. The van der Waals surface area contributed by atoms with Gasteiger partial charge in [0.15, 0.2) is 0 Å². The molecule has 1 aromatic heterocycles. The van der Waals surface area contributed by atoms with Crippen LogP contribution in [0.4, 0.5) is 0 Å². The molecule has 1 nitrogen and oxygen atoms in total. The summed E-state index contributed by atoms with van der Waals surface area (Å²) in [5.74, 6) is 0. The van der Waals surface area contributed by atoms with Crippen LogP contribution in [0, 0.1) is 5.41 Å². The van der Waals surface area contributed by atoms with Gasteiger partial charge in [0.2, 0.25) is 0 Å². The van der Waals surface area contributed by atoms with E-state index in [-0.39, 0.29) is 5.41 Å². The van der Waals surface area contributed by atoms with Gasteiger partial charge in [-0.1, -0.05) is 50.3 Å². The average Bonchev–Trinajstić information content (AvgIpc) is 2.59. The topological polar surface area (TPSA) is 12.9 Å². The molecule has 19 heavy (non-hydrogen) atoms. The fraction of sp³-hybridized carbons (Fsp3) is 0.167. The third-order valence-corrected chi connectivity index (χ3v) is 3.49. The molecule has 1 heteroatoms. The Morgan fingerprint density at radius 3 is 2.21 bits per heavy atom. The summed E-state index contributed by atoms with van der Waals surface area (Å²) in [6, 6.07) is 10.7. The average molecular weight is 247 g/mol. The van der Waals surface area contributed by atoms with Crippen LogP contribution in [-0.2, 0) is 0 Å².